The molecule has 15 heavy (non-hydrogen) atoms. The van der Waals surface area contributed by atoms with Crippen LogP contribution in [-0.4, -0.2) is 76.4 Å². The molecule has 0 spiro atoms. The van der Waals surface area contributed by atoms with Crippen LogP contribution in [-0.2, 0) is 4.74 Å². The van der Waals surface area contributed by atoms with Crippen molar-refractivity contribution >= 4 is 0 Å². The van der Waals surface area contributed by atoms with E-state index in [0.717, 1.165) is 32.7 Å². The summed E-state index contributed by atoms with van der Waals surface area (Å²) in [4.78, 5) is 4.67. The molecule has 1 rings (SSSR count). The minimum Gasteiger partial charge on any atom is -0.380 e. The van der Waals surface area contributed by atoms with E-state index in [0.29, 0.717) is 6.10 Å². The van der Waals surface area contributed by atoms with Gasteiger partial charge in [-0.05, 0) is 20.5 Å². The molecule has 0 aromatic heterocycles. The van der Waals surface area contributed by atoms with Crippen LogP contribution >= 0.6 is 0 Å². The molecular formula is C11H25N3O. The van der Waals surface area contributed by atoms with Gasteiger partial charge in [-0.25, -0.2) is 0 Å². The molecule has 1 aliphatic rings. The first-order valence-electron chi connectivity index (χ1n) is 5.83. The van der Waals surface area contributed by atoms with Crippen molar-refractivity contribution in [3.05, 3.63) is 0 Å². The lowest BCUT2D eigenvalue weighted by atomic mass is 10.3. The zero-order valence-electron chi connectivity index (χ0n) is 10.3. The SMILES string of the molecule is COC1CCN(CCNCCN(C)C)C1. The Hall–Kier alpha value is -0.160. The first-order valence-corrected chi connectivity index (χ1v) is 5.83. The maximum Gasteiger partial charge on any atom is 0.0710 e. The van der Waals surface area contributed by atoms with E-state index in [1.807, 2.05) is 7.11 Å². The van der Waals surface area contributed by atoms with E-state index in [1.165, 1.54) is 13.0 Å². The highest BCUT2D eigenvalue weighted by atomic mass is 16.5. The Morgan fingerprint density at radius 3 is 2.80 bits per heavy atom. The fourth-order valence-electron chi connectivity index (χ4n) is 1.86. The Morgan fingerprint density at radius 2 is 2.20 bits per heavy atom. The molecule has 1 saturated heterocycles. The van der Waals surface area contributed by atoms with Crippen molar-refractivity contribution in [3.8, 4) is 0 Å². The molecule has 1 heterocycles. The number of likely N-dealkylation sites (N-methyl/N-ethyl adjacent to an activating group) is 1. The Morgan fingerprint density at radius 1 is 1.40 bits per heavy atom. The molecule has 1 atom stereocenters. The molecule has 0 aromatic rings. The molecule has 0 bridgehead atoms. The van der Waals surface area contributed by atoms with Gasteiger partial charge in [-0.2, -0.15) is 0 Å². The average molecular weight is 215 g/mol. The molecule has 4 nitrogen and oxygen atoms in total. The second-order valence-electron chi connectivity index (χ2n) is 4.50. The third kappa shape index (κ3) is 5.47. The first-order chi connectivity index (χ1) is 7.22. The summed E-state index contributed by atoms with van der Waals surface area (Å²) in [5.74, 6) is 0. The van der Waals surface area contributed by atoms with Crippen molar-refractivity contribution in [1.82, 2.24) is 15.1 Å². The quantitative estimate of drug-likeness (QED) is 0.598. The average Bonchev–Trinajstić information content (AvgIpc) is 2.65. The van der Waals surface area contributed by atoms with Gasteiger partial charge in [-0.1, -0.05) is 0 Å². The number of rotatable bonds is 7. The van der Waals surface area contributed by atoms with E-state index in [4.69, 9.17) is 4.74 Å². The van der Waals surface area contributed by atoms with E-state index >= 15 is 0 Å². The van der Waals surface area contributed by atoms with Crippen LogP contribution in [0.3, 0.4) is 0 Å². The molecule has 1 N–H and O–H groups in total. The summed E-state index contributed by atoms with van der Waals surface area (Å²) in [6.45, 7) is 6.71. The van der Waals surface area contributed by atoms with Gasteiger partial charge >= 0.3 is 0 Å². The van der Waals surface area contributed by atoms with Crippen molar-refractivity contribution in [2.75, 3.05) is 60.5 Å². The summed E-state index contributed by atoms with van der Waals surface area (Å²) < 4.78 is 5.33. The summed E-state index contributed by atoms with van der Waals surface area (Å²) in [6.07, 6.45) is 1.65. The van der Waals surface area contributed by atoms with E-state index in [1.54, 1.807) is 0 Å². The Balaban J connectivity index is 1.92. The van der Waals surface area contributed by atoms with Gasteiger partial charge in [0.25, 0.3) is 0 Å². The third-order valence-corrected chi connectivity index (χ3v) is 2.90. The van der Waals surface area contributed by atoms with Gasteiger partial charge in [-0.15, -0.1) is 0 Å². The van der Waals surface area contributed by atoms with Crippen molar-refractivity contribution < 1.29 is 4.74 Å². The van der Waals surface area contributed by atoms with E-state index in [2.05, 4.69) is 29.2 Å². The van der Waals surface area contributed by atoms with Crippen molar-refractivity contribution in [1.29, 1.82) is 0 Å². The zero-order valence-corrected chi connectivity index (χ0v) is 10.3. The molecule has 1 aliphatic heterocycles. The lowest BCUT2D eigenvalue weighted by Crippen LogP contribution is -2.34. The van der Waals surface area contributed by atoms with Crippen LogP contribution < -0.4 is 5.32 Å². The van der Waals surface area contributed by atoms with E-state index in [9.17, 15) is 0 Å². The van der Waals surface area contributed by atoms with Crippen molar-refractivity contribution in [3.63, 3.8) is 0 Å². The molecular weight excluding hydrogens is 190 g/mol. The molecule has 4 heteroatoms. The fraction of sp³-hybridized carbons (Fsp3) is 1.00. The van der Waals surface area contributed by atoms with Crippen molar-refractivity contribution in [2.24, 2.45) is 0 Å². The Bertz CT molecular complexity index is 164. The normalized spacial score (nSPS) is 22.8. The van der Waals surface area contributed by atoms with Crippen LogP contribution in [0.4, 0.5) is 0 Å². The summed E-state index contributed by atoms with van der Waals surface area (Å²) in [5.41, 5.74) is 0. The summed E-state index contributed by atoms with van der Waals surface area (Å²) in [7, 11) is 6.01. The van der Waals surface area contributed by atoms with E-state index in [-0.39, 0.29) is 0 Å². The summed E-state index contributed by atoms with van der Waals surface area (Å²) in [5, 5.41) is 3.45. The highest BCUT2D eigenvalue weighted by molar-refractivity contribution is 4.75. The number of nitrogens with one attached hydrogen (secondary N) is 1. The molecule has 90 valence electrons. The molecule has 0 amide bonds. The smallest absolute Gasteiger partial charge is 0.0710 e. The Kier molecular flexibility index (Phi) is 6.17. The topological polar surface area (TPSA) is 27.7 Å². The lowest BCUT2D eigenvalue weighted by Gasteiger charge is -2.16. The van der Waals surface area contributed by atoms with Gasteiger partial charge in [0.15, 0.2) is 0 Å². The highest BCUT2D eigenvalue weighted by Gasteiger charge is 2.20. The summed E-state index contributed by atoms with van der Waals surface area (Å²) in [6, 6.07) is 0. The largest absolute Gasteiger partial charge is 0.380 e. The molecule has 0 radical (unpaired) electrons. The first kappa shape index (κ1) is 12.9. The molecule has 1 fully saturated rings. The minimum absolute atomic E-state index is 0.465. The maximum absolute atomic E-state index is 5.33. The third-order valence-electron chi connectivity index (χ3n) is 2.90. The van der Waals surface area contributed by atoms with Crippen LogP contribution in [0.1, 0.15) is 6.42 Å². The predicted octanol–water partition coefficient (Wildman–Crippen LogP) is -0.142. The number of hydrogen-bond donors (Lipinski definition) is 1. The zero-order chi connectivity index (χ0) is 11.1. The van der Waals surface area contributed by atoms with Crippen LogP contribution in [0, 0.1) is 0 Å². The number of methoxy groups -OCH3 is 1. The van der Waals surface area contributed by atoms with Crippen molar-refractivity contribution in [2.45, 2.75) is 12.5 Å². The van der Waals surface area contributed by atoms with E-state index < -0.39 is 0 Å². The van der Waals surface area contributed by atoms with Gasteiger partial charge in [0.05, 0.1) is 6.10 Å². The Labute approximate surface area is 93.6 Å². The summed E-state index contributed by atoms with van der Waals surface area (Å²) >= 11 is 0. The van der Waals surface area contributed by atoms with Gasteiger partial charge < -0.3 is 15.0 Å². The molecule has 1 unspecified atom stereocenters. The van der Waals surface area contributed by atoms with Gasteiger partial charge in [0.2, 0.25) is 0 Å². The standard InChI is InChI=1S/C11H25N3O/c1-13(2)8-5-12-6-9-14-7-4-11(10-14)15-3/h11-12H,4-10H2,1-3H3. The van der Waals surface area contributed by atoms with Crippen LogP contribution in [0.25, 0.3) is 0 Å². The van der Waals surface area contributed by atoms with Crippen LogP contribution in [0.15, 0.2) is 0 Å². The second-order valence-corrected chi connectivity index (χ2v) is 4.50. The maximum atomic E-state index is 5.33. The molecule has 0 saturated carbocycles. The fourth-order valence-corrected chi connectivity index (χ4v) is 1.86. The number of likely N-dealkylation sites (tertiary alicyclic amines) is 1. The van der Waals surface area contributed by atoms with Gasteiger partial charge in [-0.3, -0.25) is 4.90 Å². The van der Waals surface area contributed by atoms with Crippen LogP contribution in [0.2, 0.25) is 0 Å². The van der Waals surface area contributed by atoms with Gasteiger partial charge in [0.1, 0.15) is 0 Å². The monoisotopic (exact) mass is 215 g/mol. The van der Waals surface area contributed by atoms with Gasteiger partial charge in [0, 0.05) is 46.4 Å². The number of nitrogens with zero attached hydrogens (tertiary/aromatic N) is 2. The number of ether oxygens (including phenoxy) is 1. The second kappa shape index (κ2) is 7.17. The van der Waals surface area contributed by atoms with Crippen LogP contribution in [0.5, 0.6) is 0 Å². The molecule has 0 aliphatic carbocycles. The lowest BCUT2D eigenvalue weighted by molar-refractivity contribution is 0.108. The minimum atomic E-state index is 0.465. The highest BCUT2D eigenvalue weighted by Crippen LogP contribution is 2.10. The molecule has 0 aromatic carbocycles. The number of hydrogen-bond acceptors (Lipinski definition) is 4. The predicted molar refractivity (Wildman–Crippen MR) is 63.3 cm³/mol.